The highest BCUT2D eigenvalue weighted by molar-refractivity contribution is 5.88. The highest BCUT2D eigenvalue weighted by Crippen LogP contribution is 2.33. The quantitative estimate of drug-likeness (QED) is 0.672. The summed E-state index contributed by atoms with van der Waals surface area (Å²) in [5.74, 6) is -0.414. The number of phenolic OH excluding ortho intramolecular Hbond substituents is 3. The second kappa shape index (κ2) is 5.00. The van der Waals surface area contributed by atoms with Gasteiger partial charge in [0.25, 0.3) is 0 Å². The van der Waals surface area contributed by atoms with Gasteiger partial charge >= 0.3 is 0 Å². The molecule has 3 aromatic rings. The van der Waals surface area contributed by atoms with Crippen LogP contribution in [-0.4, -0.2) is 22.4 Å². The minimum absolute atomic E-state index is 0.0365. The molecule has 0 saturated heterocycles. The maximum absolute atomic E-state index is 12.5. The molecule has 0 bridgehead atoms. The number of rotatable bonds is 2. The van der Waals surface area contributed by atoms with Crippen LogP contribution in [0.15, 0.2) is 45.8 Å². The molecule has 2 aromatic carbocycles. The smallest absolute Gasteiger partial charge is 0.204 e. The fourth-order valence-corrected chi connectivity index (χ4v) is 2.28. The van der Waals surface area contributed by atoms with Gasteiger partial charge < -0.3 is 24.5 Å². The van der Waals surface area contributed by atoms with Crippen LogP contribution >= 0.6 is 0 Å². The summed E-state index contributed by atoms with van der Waals surface area (Å²) in [6.45, 7) is 0. The van der Waals surface area contributed by atoms with Crippen LogP contribution in [0.4, 0.5) is 0 Å². The fourth-order valence-electron chi connectivity index (χ4n) is 2.28. The van der Waals surface area contributed by atoms with Crippen LogP contribution in [0.1, 0.15) is 0 Å². The Balaban J connectivity index is 2.26. The van der Waals surface area contributed by atoms with E-state index in [9.17, 15) is 20.1 Å². The van der Waals surface area contributed by atoms with Gasteiger partial charge in [-0.15, -0.1) is 0 Å². The molecule has 6 nitrogen and oxygen atoms in total. The van der Waals surface area contributed by atoms with E-state index in [1.54, 1.807) is 6.07 Å². The molecule has 6 heteroatoms. The van der Waals surface area contributed by atoms with Crippen molar-refractivity contribution in [1.82, 2.24) is 0 Å². The van der Waals surface area contributed by atoms with Crippen LogP contribution < -0.4 is 10.2 Å². The summed E-state index contributed by atoms with van der Waals surface area (Å²) in [5.41, 5.74) is 0.195. The van der Waals surface area contributed by atoms with E-state index in [4.69, 9.17) is 9.15 Å². The highest BCUT2D eigenvalue weighted by atomic mass is 16.5. The first-order chi connectivity index (χ1) is 10.5. The third kappa shape index (κ3) is 2.10. The highest BCUT2D eigenvalue weighted by Gasteiger charge is 2.15. The van der Waals surface area contributed by atoms with Gasteiger partial charge in [-0.25, -0.2) is 0 Å². The van der Waals surface area contributed by atoms with E-state index >= 15 is 0 Å². The van der Waals surface area contributed by atoms with Crippen molar-refractivity contribution in [2.24, 2.45) is 0 Å². The molecule has 0 saturated carbocycles. The average molecular weight is 300 g/mol. The van der Waals surface area contributed by atoms with Crippen molar-refractivity contribution in [1.29, 1.82) is 0 Å². The van der Waals surface area contributed by atoms with E-state index in [0.29, 0.717) is 5.56 Å². The van der Waals surface area contributed by atoms with Crippen molar-refractivity contribution in [3.05, 3.63) is 46.8 Å². The SMILES string of the molecule is COc1ccc(-c2coc3cc(O)cc(O)c3c2=O)cc1O. The Bertz CT molecular complexity index is 926. The molecule has 0 spiro atoms. The third-order valence-corrected chi connectivity index (χ3v) is 3.33. The van der Waals surface area contributed by atoms with Crippen molar-refractivity contribution >= 4 is 11.0 Å². The van der Waals surface area contributed by atoms with Gasteiger partial charge in [0.05, 0.1) is 12.7 Å². The summed E-state index contributed by atoms with van der Waals surface area (Å²) >= 11 is 0. The lowest BCUT2D eigenvalue weighted by Crippen LogP contribution is -2.05. The zero-order chi connectivity index (χ0) is 15.9. The van der Waals surface area contributed by atoms with Gasteiger partial charge in [-0.05, 0) is 17.7 Å². The third-order valence-electron chi connectivity index (χ3n) is 3.33. The molecule has 0 radical (unpaired) electrons. The summed E-state index contributed by atoms with van der Waals surface area (Å²) in [4.78, 5) is 12.5. The van der Waals surface area contributed by atoms with Crippen molar-refractivity contribution in [2.75, 3.05) is 7.11 Å². The number of fused-ring (bicyclic) bond motifs is 1. The molecule has 112 valence electrons. The Morgan fingerprint density at radius 2 is 1.82 bits per heavy atom. The van der Waals surface area contributed by atoms with Gasteiger partial charge in [0.15, 0.2) is 11.5 Å². The van der Waals surface area contributed by atoms with Gasteiger partial charge in [-0.3, -0.25) is 4.79 Å². The first kappa shape index (κ1) is 13.8. The maximum atomic E-state index is 12.5. The van der Waals surface area contributed by atoms with Crippen LogP contribution in [0.3, 0.4) is 0 Å². The van der Waals surface area contributed by atoms with E-state index < -0.39 is 5.43 Å². The van der Waals surface area contributed by atoms with Crippen molar-refractivity contribution in [3.63, 3.8) is 0 Å². The van der Waals surface area contributed by atoms with Crippen molar-refractivity contribution in [3.8, 4) is 34.1 Å². The molecule has 1 aromatic heterocycles. The summed E-state index contributed by atoms with van der Waals surface area (Å²) in [6, 6.07) is 6.79. The Kier molecular flexibility index (Phi) is 3.14. The molecular formula is C16H12O6. The lowest BCUT2D eigenvalue weighted by molar-refractivity contribution is 0.373. The lowest BCUT2D eigenvalue weighted by Gasteiger charge is -2.07. The van der Waals surface area contributed by atoms with E-state index in [-0.39, 0.29) is 39.5 Å². The monoisotopic (exact) mass is 300 g/mol. The molecule has 0 fully saturated rings. The normalized spacial score (nSPS) is 10.8. The van der Waals surface area contributed by atoms with E-state index in [0.717, 1.165) is 6.07 Å². The second-order valence-electron chi connectivity index (χ2n) is 4.70. The molecule has 1 heterocycles. The summed E-state index contributed by atoms with van der Waals surface area (Å²) in [5, 5.41) is 29.0. The van der Waals surface area contributed by atoms with Gasteiger partial charge in [0, 0.05) is 12.1 Å². The molecule has 3 rings (SSSR count). The van der Waals surface area contributed by atoms with E-state index in [1.807, 2.05) is 0 Å². The molecular weight excluding hydrogens is 288 g/mol. The van der Waals surface area contributed by atoms with E-state index in [2.05, 4.69) is 0 Å². The summed E-state index contributed by atoms with van der Waals surface area (Å²) in [7, 11) is 1.42. The number of benzene rings is 2. The molecule has 0 aliphatic rings. The number of aromatic hydroxyl groups is 3. The Morgan fingerprint density at radius 1 is 1.05 bits per heavy atom. The predicted octanol–water partition coefficient (Wildman–Crippen LogP) is 2.59. The standard InChI is InChI=1S/C16H12O6/c1-21-13-3-2-8(4-11(13)18)10-7-22-14-6-9(17)5-12(19)15(14)16(10)20/h2-7,17-19H,1H3. The van der Waals surface area contributed by atoms with Gasteiger partial charge in [0.1, 0.15) is 28.7 Å². The fraction of sp³-hybridized carbons (Fsp3) is 0.0625. The largest absolute Gasteiger partial charge is 0.508 e. The van der Waals surface area contributed by atoms with Gasteiger partial charge in [-0.2, -0.15) is 0 Å². The number of hydrogen-bond donors (Lipinski definition) is 3. The maximum Gasteiger partial charge on any atom is 0.204 e. The summed E-state index contributed by atoms with van der Waals surface area (Å²) < 4.78 is 10.3. The van der Waals surface area contributed by atoms with Gasteiger partial charge in [0.2, 0.25) is 5.43 Å². The Labute approximate surface area is 124 Å². The molecule has 0 aliphatic heterocycles. The minimum Gasteiger partial charge on any atom is -0.508 e. The van der Waals surface area contributed by atoms with Crippen LogP contribution in [-0.2, 0) is 0 Å². The average Bonchev–Trinajstić information content (AvgIpc) is 2.46. The Hall–Kier alpha value is -3.15. The second-order valence-corrected chi connectivity index (χ2v) is 4.70. The number of hydrogen-bond acceptors (Lipinski definition) is 6. The minimum atomic E-state index is -0.469. The van der Waals surface area contributed by atoms with E-state index in [1.165, 1.54) is 31.6 Å². The zero-order valence-electron chi connectivity index (χ0n) is 11.5. The number of ether oxygens (including phenoxy) is 1. The molecule has 0 atom stereocenters. The first-order valence-electron chi connectivity index (χ1n) is 6.36. The molecule has 22 heavy (non-hydrogen) atoms. The number of phenols is 3. The van der Waals surface area contributed by atoms with Gasteiger partial charge in [-0.1, -0.05) is 6.07 Å². The number of methoxy groups -OCH3 is 1. The Morgan fingerprint density at radius 3 is 2.50 bits per heavy atom. The van der Waals surface area contributed by atoms with Crippen LogP contribution in [0.5, 0.6) is 23.0 Å². The van der Waals surface area contributed by atoms with Crippen molar-refractivity contribution in [2.45, 2.75) is 0 Å². The van der Waals surface area contributed by atoms with Crippen molar-refractivity contribution < 1.29 is 24.5 Å². The summed E-state index contributed by atoms with van der Waals surface area (Å²) in [6.07, 6.45) is 1.21. The zero-order valence-corrected chi connectivity index (χ0v) is 11.5. The molecule has 0 amide bonds. The van der Waals surface area contributed by atoms with Crippen LogP contribution in [0.2, 0.25) is 0 Å². The van der Waals surface area contributed by atoms with Crippen LogP contribution in [0.25, 0.3) is 22.1 Å². The topological polar surface area (TPSA) is 100 Å². The molecule has 3 N–H and O–H groups in total. The molecule has 0 aliphatic carbocycles. The predicted molar refractivity (Wildman–Crippen MR) is 79.5 cm³/mol. The lowest BCUT2D eigenvalue weighted by atomic mass is 10.0. The first-order valence-corrected chi connectivity index (χ1v) is 6.36. The van der Waals surface area contributed by atoms with Crippen LogP contribution in [0, 0.1) is 0 Å². The molecule has 0 unspecified atom stereocenters.